The first-order valence-corrected chi connectivity index (χ1v) is 3.82. The lowest BCUT2D eigenvalue weighted by Crippen LogP contribution is -2.27. The Hall–Kier alpha value is -0.910. The van der Waals surface area contributed by atoms with Crippen LogP contribution in [-0.2, 0) is 9.53 Å². The third-order valence-electron chi connectivity index (χ3n) is 1.24. The quantitative estimate of drug-likeness (QED) is 0.236. The molecule has 0 aliphatic carbocycles. The molecule has 5 nitrogen and oxygen atoms in total. The second-order valence-electron chi connectivity index (χ2n) is 2.79. The van der Waals surface area contributed by atoms with Crippen molar-refractivity contribution in [2.45, 2.75) is 25.7 Å². The molecule has 76 valence electrons. The van der Waals surface area contributed by atoms with Crippen molar-refractivity contribution < 1.29 is 24.9 Å². The highest BCUT2D eigenvalue weighted by Gasteiger charge is 2.17. The van der Waals surface area contributed by atoms with Gasteiger partial charge >= 0.3 is 5.97 Å². The van der Waals surface area contributed by atoms with Crippen LogP contribution in [0.1, 0.15) is 19.8 Å². The maximum Gasteiger partial charge on any atom is 0.333 e. The van der Waals surface area contributed by atoms with Crippen molar-refractivity contribution in [1.29, 1.82) is 0 Å². The van der Waals surface area contributed by atoms with Gasteiger partial charge in [0.15, 0.2) is 0 Å². The Morgan fingerprint density at radius 1 is 1.46 bits per heavy atom. The van der Waals surface area contributed by atoms with Crippen LogP contribution in [0, 0.1) is 0 Å². The number of hydrogen-bond donors (Lipinski definition) is 3. The summed E-state index contributed by atoms with van der Waals surface area (Å²) < 4.78 is 4.63. The minimum Gasteiger partial charge on any atom is -0.462 e. The lowest BCUT2D eigenvalue weighted by Gasteiger charge is -2.13. The third-order valence-corrected chi connectivity index (χ3v) is 1.24. The topological polar surface area (TPSA) is 87.0 Å². The van der Waals surface area contributed by atoms with E-state index in [9.17, 15) is 4.79 Å². The summed E-state index contributed by atoms with van der Waals surface area (Å²) in [6, 6.07) is 0. The predicted octanol–water partition coefficient (Wildman–Crippen LogP) is -0.483. The zero-order chi connectivity index (χ0) is 10.5. The molecule has 0 fully saturated rings. The van der Waals surface area contributed by atoms with Gasteiger partial charge in [-0.15, -0.1) is 0 Å². The molecule has 5 heteroatoms. The van der Waals surface area contributed by atoms with Crippen LogP contribution in [0.25, 0.3) is 0 Å². The summed E-state index contributed by atoms with van der Waals surface area (Å²) in [5.41, 5.74) is 0.281. The maximum absolute atomic E-state index is 10.8. The monoisotopic (exact) mass is 190 g/mol. The summed E-state index contributed by atoms with van der Waals surface area (Å²) in [5, 5.41) is 25.3. The van der Waals surface area contributed by atoms with E-state index in [2.05, 4.69) is 11.3 Å². The SMILES string of the molecule is C=C(C)C(=O)OCCCC(O)(O)O. The first-order chi connectivity index (χ1) is 5.83. The van der Waals surface area contributed by atoms with Crippen molar-refractivity contribution in [2.24, 2.45) is 0 Å². The van der Waals surface area contributed by atoms with Gasteiger partial charge in [0.1, 0.15) is 0 Å². The molecule has 0 atom stereocenters. The highest BCUT2D eigenvalue weighted by atomic mass is 16.7. The van der Waals surface area contributed by atoms with Crippen molar-refractivity contribution in [1.82, 2.24) is 0 Å². The smallest absolute Gasteiger partial charge is 0.333 e. The summed E-state index contributed by atoms with van der Waals surface area (Å²) in [4.78, 5) is 10.8. The molecule has 0 rings (SSSR count). The number of aliphatic hydroxyl groups is 3. The highest BCUT2D eigenvalue weighted by Crippen LogP contribution is 2.04. The first-order valence-electron chi connectivity index (χ1n) is 3.82. The van der Waals surface area contributed by atoms with Crippen LogP contribution in [0.5, 0.6) is 0 Å². The van der Waals surface area contributed by atoms with Gasteiger partial charge in [0, 0.05) is 12.0 Å². The number of ether oxygens (including phenoxy) is 1. The van der Waals surface area contributed by atoms with Crippen molar-refractivity contribution in [3.63, 3.8) is 0 Å². The predicted molar refractivity (Wildman–Crippen MR) is 44.4 cm³/mol. The fourth-order valence-electron chi connectivity index (χ4n) is 0.597. The molecule has 0 unspecified atom stereocenters. The number of rotatable bonds is 5. The van der Waals surface area contributed by atoms with Gasteiger partial charge in [-0.1, -0.05) is 6.58 Å². The lowest BCUT2D eigenvalue weighted by molar-refractivity contribution is -0.315. The zero-order valence-corrected chi connectivity index (χ0v) is 7.49. The summed E-state index contributed by atoms with van der Waals surface area (Å²) in [5.74, 6) is -3.21. The largest absolute Gasteiger partial charge is 0.462 e. The highest BCUT2D eigenvalue weighted by molar-refractivity contribution is 5.86. The summed E-state index contributed by atoms with van der Waals surface area (Å²) >= 11 is 0. The molecule has 3 N–H and O–H groups in total. The number of hydrogen-bond acceptors (Lipinski definition) is 5. The van der Waals surface area contributed by atoms with E-state index in [0.717, 1.165) is 0 Å². The van der Waals surface area contributed by atoms with E-state index in [1.807, 2.05) is 0 Å². The van der Waals surface area contributed by atoms with Crippen molar-refractivity contribution in [3.8, 4) is 0 Å². The van der Waals surface area contributed by atoms with Crippen molar-refractivity contribution in [2.75, 3.05) is 6.61 Å². The molecule has 0 aromatic rings. The van der Waals surface area contributed by atoms with Gasteiger partial charge in [0.2, 0.25) is 0 Å². The average Bonchev–Trinajstić information content (AvgIpc) is 1.95. The van der Waals surface area contributed by atoms with Crippen molar-refractivity contribution in [3.05, 3.63) is 12.2 Å². The average molecular weight is 190 g/mol. The minimum atomic E-state index is -2.68. The Balaban J connectivity index is 3.47. The number of carbonyl (C=O) groups excluding carboxylic acids is 1. The Labute approximate surface area is 76.3 Å². The van der Waals surface area contributed by atoms with Crippen LogP contribution in [0.3, 0.4) is 0 Å². The fourth-order valence-corrected chi connectivity index (χ4v) is 0.597. The molecule has 0 aromatic heterocycles. The number of esters is 1. The van der Waals surface area contributed by atoms with E-state index in [1.165, 1.54) is 6.92 Å². The van der Waals surface area contributed by atoms with Gasteiger partial charge in [0.25, 0.3) is 5.97 Å². The molecule has 0 amide bonds. The van der Waals surface area contributed by atoms with E-state index in [1.54, 1.807) is 0 Å². The van der Waals surface area contributed by atoms with Gasteiger partial charge in [0.05, 0.1) is 6.61 Å². The van der Waals surface area contributed by atoms with Crippen LogP contribution in [0.2, 0.25) is 0 Å². The van der Waals surface area contributed by atoms with E-state index in [-0.39, 0.29) is 25.0 Å². The Kier molecular flexibility index (Phi) is 4.61. The van der Waals surface area contributed by atoms with Crippen LogP contribution < -0.4 is 0 Å². The molecule has 13 heavy (non-hydrogen) atoms. The minimum absolute atomic E-state index is 0.0229. The molecule has 0 bridgehead atoms. The van der Waals surface area contributed by atoms with Crippen LogP contribution in [0.4, 0.5) is 0 Å². The maximum atomic E-state index is 10.8. The number of carbonyl (C=O) groups is 1. The molecule has 0 radical (unpaired) electrons. The molecule has 0 saturated heterocycles. The van der Waals surface area contributed by atoms with E-state index >= 15 is 0 Å². The Morgan fingerprint density at radius 3 is 2.38 bits per heavy atom. The van der Waals surface area contributed by atoms with E-state index in [0.29, 0.717) is 0 Å². The summed E-state index contributed by atoms with van der Waals surface area (Å²) in [6.07, 6.45) is -0.0982. The van der Waals surface area contributed by atoms with Crippen LogP contribution in [-0.4, -0.2) is 33.9 Å². The first kappa shape index (κ1) is 12.1. The molecular formula is C8H14O5. The Bertz CT molecular complexity index is 191. The molecule has 0 spiro atoms. The standard InChI is InChI=1S/C8H14O5/c1-6(2)7(9)13-5-3-4-8(10,11)12/h10-12H,1,3-5H2,2H3. The lowest BCUT2D eigenvalue weighted by atomic mass is 10.3. The normalized spacial score (nSPS) is 11.1. The second-order valence-corrected chi connectivity index (χ2v) is 2.79. The Morgan fingerprint density at radius 2 is 2.00 bits per heavy atom. The molecular weight excluding hydrogens is 176 g/mol. The molecule has 0 aliphatic rings. The molecule has 0 heterocycles. The zero-order valence-electron chi connectivity index (χ0n) is 7.49. The van der Waals surface area contributed by atoms with E-state index in [4.69, 9.17) is 15.3 Å². The van der Waals surface area contributed by atoms with Gasteiger partial charge < -0.3 is 20.1 Å². The van der Waals surface area contributed by atoms with Crippen LogP contribution in [0.15, 0.2) is 12.2 Å². The fraction of sp³-hybridized carbons (Fsp3) is 0.625. The molecule has 0 aliphatic heterocycles. The van der Waals surface area contributed by atoms with Gasteiger partial charge in [-0.05, 0) is 13.3 Å². The van der Waals surface area contributed by atoms with Crippen molar-refractivity contribution >= 4 is 5.97 Å². The third kappa shape index (κ3) is 7.45. The van der Waals surface area contributed by atoms with Gasteiger partial charge in [-0.3, -0.25) is 0 Å². The molecule has 0 aromatic carbocycles. The molecule has 0 saturated carbocycles. The van der Waals surface area contributed by atoms with Gasteiger partial charge in [-0.2, -0.15) is 0 Å². The van der Waals surface area contributed by atoms with E-state index < -0.39 is 11.9 Å². The summed E-state index contributed by atoms with van der Waals surface area (Å²) in [6.45, 7) is 4.89. The van der Waals surface area contributed by atoms with Crippen LogP contribution >= 0.6 is 0 Å². The van der Waals surface area contributed by atoms with Gasteiger partial charge in [-0.25, -0.2) is 4.79 Å². The summed E-state index contributed by atoms with van der Waals surface area (Å²) in [7, 11) is 0. The second kappa shape index (κ2) is 4.96.